The summed E-state index contributed by atoms with van der Waals surface area (Å²) in [6.07, 6.45) is 4.40. The van der Waals surface area contributed by atoms with Gasteiger partial charge in [0.05, 0.1) is 11.1 Å². The van der Waals surface area contributed by atoms with Gasteiger partial charge in [-0.2, -0.15) is 0 Å². The highest BCUT2D eigenvalue weighted by Crippen LogP contribution is 2.38. The average molecular weight is 299 g/mol. The Balaban J connectivity index is 2.07. The summed E-state index contributed by atoms with van der Waals surface area (Å²) in [5.41, 5.74) is 10.2. The molecule has 0 bridgehead atoms. The zero-order chi connectivity index (χ0) is 15.7. The highest BCUT2D eigenvalue weighted by molar-refractivity contribution is 6.07. The fourth-order valence-corrected chi connectivity index (χ4v) is 3.80. The Morgan fingerprint density at radius 2 is 2.27 bits per heavy atom. The lowest BCUT2D eigenvalue weighted by molar-refractivity contribution is 0.0955. The lowest BCUT2D eigenvalue weighted by Gasteiger charge is -2.20. The van der Waals surface area contributed by atoms with Crippen molar-refractivity contribution >= 4 is 16.8 Å². The Morgan fingerprint density at radius 1 is 1.45 bits per heavy atom. The van der Waals surface area contributed by atoms with Gasteiger partial charge in [-0.3, -0.25) is 4.79 Å². The van der Waals surface area contributed by atoms with Crippen LogP contribution < -0.4 is 11.1 Å². The van der Waals surface area contributed by atoms with Crippen LogP contribution in [0.15, 0.2) is 18.2 Å². The third-order valence-electron chi connectivity index (χ3n) is 4.81. The molecule has 0 aliphatic heterocycles. The van der Waals surface area contributed by atoms with E-state index in [1.54, 1.807) is 0 Å². The lowest BCUT2D eigenvalue weighted by atomic mass is 9.88. The number of benzene rings is 1. The molecule has 1 aromatic heterocycles. The second-order valence-electron chi connectivity index (χ2n) is 6.32. The fourth-order valence-electron chi connectivity index (χ4n) is 3.80. The Kier molecular flexibility index (Phi) is 4.21. The van der Waals surface area contributed by atoms with Gasteiger partial charge in [-0.25, -0.2) is 0 Å². The van der Waals surface area contributed by atoms with Crippen LogP contribution in [0, 0.1) is 0 Å². The van der Waals surface area contributed by atoms with Crippen LogP contribution in [0.1, 0.15) is 53.7 Å². The minimum atomic E-state index is 0.00431. The van der Waals surface area contributed by atoms with Crippen molar-refractivity contribution in [1.29, 1.82) is 0 Å². The molecule has 1 heterocycles. The summed E-state index contributed by atoms with van der Waals surface area (Å²) in [6.45, 7) is 3.52. The van der Waals surface area contributed by atoms with Crippen molar-refractivity contribution in [2.75, 3.05) is 13.1 Å². The van der Waals surface area contributed by atoms with E-state index < -0.39 is 0 Å². The first-order valence-electron chi connectivity index (χ1n) is 8.23. The molecule has 0 fully saturated rings. The van der Waals surface area contributed by atoms with E-state index in [1.165, 1.54) is 29.5 Å². The SMILES string of the molecule is CC1CCCc2c1n(C)c1c(C(=O)NCCCN)cccc21. The van der Waals surface area contributed by atoms with Crippen molar-refractivity contribution in [3.05, 3.63) is 35.0 Å². The quantitative estimate of drug-likeness (QED) is 0.853. The maximum atomic E-state index is 12.5. The summed E-state index contributed by atoms with van der Waals surface area (Å²) in [5, 5.41) is 4.22. The molecule has 1 amide bonds. The van der Waals surface area contributed by atoms with E-state index in [1.807, 2.05) is 12.1 Å². The summed E-state index contributed by atoms with van der Waals surface area (Å²) in [5.74, 6) is 0.568. The van der Waals surface area contributed by atoms with Crippen molar-refractivity contribution in [2.24, 2.45) is 12.8 Å². The third kappa shape index (κ3) is 2.41. The molecule has 118 valence electrons. The second kappa shape index (κ2) is 6.13. The molecule has 1 aliphatic rings. The Hall–Kier alpha value is -1.81. The number of amides is 1. The van der Waals surface area contributed by atoms with Crippen molar-refractivity contribution in [2.45, 2.75) is 38.5 Å². The van der Waals surface area contributed by atoms with Crippen molar-refractivity contribution in [1.82, 2.24) is 9.88 Å². The Morgan fingerprint density at radius 3 is 3.05 bits per heavy atom. The molecule has 1 aromatic carbocycles. The van der Waals surface area contributed by atoms with Crippen LogP contribution in [0.5, 0.6) is 0 Å². The minimum absolute atomic E-state index is 0.00431. The van der Waals surface area contributed by atoms with Crippen molar-refractivity contribution in [3.63, 3.8) is 0 Å². The second-order valence-corrected chi connectivity index (χ2v) is 6.32. The molecule has 1 atom stereocenters. The molecule has 1 unspecified atom stereocenters. The van der Waals surface area contributed by atoms with E-state index in [9.17, 15) is 4.79 Å². The number of carbonyl (C=O) groups excluding carboxylic acids is 1. The number of hydrogen-bond acceptors (Lipinski definition) is 2. The van der Waals surface area contributed by atoms with E-state index in [-0.39, 0.29) is 5.91 Å². The largest absolute Gasteiger partial charge is 0.352 e. The van der Waals surface area contributed by atoms with Gasteiger partial charge in [-0.05, 0) is 49.8 Å². The van der Waals surface area contributed by atoms with Crippen LogP contribution in [-0.4, -0.2) is 23.6 Å². The highest BCUT2D eigenvalue weighted by Gasteiger charge is 2.25. The maximum Gasteiger partial charge on any atom is 0.253 e. The molecule has 0 spiro atoms. The fraction of sp³-hybridized carbons (Fsp3) is 0.500. The molecule has 3 N–H and O–H groups in total. The first-order chi connectivity index (χ1) is 10.6. The molecule has 0 saturated carbocycles. The van der Waals surface area contributed by atoms with E-state index in [4.69, 9.17) is 5.73 Å². The van der Waals surface area contributed by atoms with Crippen LogP contribution in [0.2, 0.25) is 0 Å². The van der Waals surface area contributed by atoms with Gasteiger partial charge in [0.15, 0.2) is 0 Å². The van der Waals surface area contributed by atoms with E-state index in [0.717, 1.165) is 23.9 Å². The molecule has 22 heavy (non-hydrogen) atoms. The molecule has 0 saturated heterocycles. The summed E-state index contributed by atoms with van der Waals surface area (Å²) in [4.78, 5) is 12.5. The number of hydrogen-bond donors (Lipinski definition) is 2. The van der Waals surface area contributed by atoms with Crippen LogP contribution in [0.3, 0.4) is 0 Å². The summed E-state index contributed by atoms with van der Waals surface area (Å²) < 4.78 is 2.24. The van der Waals surface area contributed by atoms with Gasteiger partial charge in [0, 0.05) is 24.7 Å². The molecular formula is C18H25N3O. The van der Waals surface area contributed by atoms with Gasteiger partial charge in [0.25, 0.3) is 5.91 Å². The number of carbonyl (C=O) groups is 1. The number of para-hydroxylation sites is 1. The Bertz CT molecular complexity index is 702. The standard InChI is InChI=1S/C18H25N3O/c1-12-6-3-7-13-14-8-4-9-15(17(14)21(2)16(12)13)18(22)20-11-5-10-19/h4,8-9,12H,3,5-7,10-11,19H2,1-2H3,(H,20,22). The first kappa shape index (κ1) is 15.1. The molecule has 4 heteroatoms. The smallest absolute Gasteiger partial charge is 0.253 e. The third-order valence-corrected chi connectivity index (χ3v) is 4.81. The number of nitrogens with one attached hydrogen (secondary N) is 1. The van der Waals surface area contributed by atoms with Gasteiger partial charge >= 0.3 is 0 Å². The highest BCUT2D eigenvalue weighted by atomic mass is 16.1. The van der Waals surface area contributed by atoms with E-state index >= 15 is 0 Å². The number of aromatic nitrogens is 1. The Labute approximate surface area is 131 Å². The van der Waals surface area contributed by atoms with Crippen molar-refractivity contribution in [3.8, 4) is 0 Å². The van der Waals surface area contributed by atoms with Gasteiger partial charge in [0.1, 0.15) is 0 Å². The number of nitrogens with zero attached hydrogens (tertiary/aromatic N) is 1. The van der Waals surface area contributed by atoms with Crippen LogP contribution in [0.4, 0.5) is 0 Å². The molecule has 0 radical (unpaired) electrons. The zero-order valence-electron chi connectivity index (χ0n) is 13.5. The van der Waals surface area contributed by atoms with Crippen LogP contribution in [-0.2, 0) is 13.5 Å². The minimum Gasteiger partial charge on any atom is -0.352 e. The van der Waals surface area contributed by atoms with Crippen LogP contribution >= 0.6 is 0 Å². The molecule has 3 rings (SSSR count). The predicted molar refractivity (Wildman–Crippen MR) is 90.3 cm³/mol. The zero-order valence-corrected chi connectivity index (χ0v) is 13.5. The maximum absolute atomic E-state index is 12.5. The number of rotatable bonds is 4. The average Bonchev–Trinajstić information content (AvgIpc) is 2.82. The number of aryl methyl sites for hydroxylation is 2. The molecule has 4 nitrogen and oxygen atoms in total. The van der Waals surface area contributed by atoms with Crippen molar-refractivity contribution < 1.29 is 4.79 Å². The topological polar surface area (TPSA) is 60.0 Å². The lowest BCUT2D eigenvalue weighted by Crippen LogP contribution is -2.26. The summed E-state index contributed by atoms with van der Waals surface area (Å²) >= 11 is 0. The molecule has 2 aromatic rings. The monoisotopic (exact) mass is 299 g/mol. The van der Waals surface area contributed by atoms with Gasteiger partial charge in [-0.1, -0.05) is 19.1 Å². The van der Waals surface area contributed by atoms with Crippen LogP contribution in [0.25, 0.3) is 10.9 Å². The van der Waals surface area contributed by atoms with Gasteiger partial charge < -0.3 is 15.6 Å². The number of fused-ring (bicyclic) bond motifs is 3. The summed E-state index contributed by atoms with van der Waals surface area (Å²) in [7, 11) is 2.10. The number of nitrogens with two attached hydrogens (primary N) is 1. The first-order valence-corrected chi connectivity index (χ1v) is 8.23. The molecule has 1 aliphatic carbocycles. The molecular weight excluding hydrogens is 274 g/mol. The summed E-state index contributed by atoms with van der Waals surface area (Å²) in [6, 6.07) is 6.08. The van der Waals surface area contributed by atoms with E-state index in [0.29, 0.717) is 19.0 Å². The van der Waals surface area contributed by atoms with Gasteiger partial charge in [0.2, 0.25) is 0 Å². The van der Waals surface area contributed by atoms with Gasteiger partial charge in [-0.15, -0.1) is 0 Å². The van der Waals surface area contributed by atoms with E-state index in [2.05, 4.69) is 29.9 Å². The normalized spacial score (nSPS) is 17.5. The predicted octanol–water partition coefficient (Wildman–Crippen LogP) is 2.70.